The van der Waals surface area contributed by atoms with Crippen molar-refractivity contribution in [3.8, 4) is 11.5 Å². The minimum atomic E-state index is -0.102. The van der Waals surface area contributed by atoms with Crippen molar-refractivity contribution < 1.29 is 23.8 Å². The molecule has 1 aromatic carbocycles. The molecule has 26 heavy (non-hydrogen) atoms. The van der Waals surface area contributed by atoms with E-state index in [1.807, 2.05) is 0 Å². The summed E-state index contributed by atoms with van der Waals surface area (Å²) in [5.74, 6) is 1.01. The zero-order valence-electron chi connectivity index (χ0n) is 15.5. The van der Waals surface area contributed by atoms with E-state index in [1.165, 1.54) is 7.11 Å². The number of ether oxygens (including phenoxy) is 3. The van der Waals surface area contributed by atoms with Crippen molar-refractivity contribution in [1.29, 1.82) is 0 Å². The third-order valence-corrected chi connectivity index (χ3v) is 4.28. The van der Waals surface area contributed by atoms with Gasteiger partial charge in [0.05, 0.1) is 26.5 Å². The lowest BCUT2D eigenvalue weighted by Gasteiger charge is -2.31. The molecule has 1 heterocycles. The molecule has 1 saturated heterocycles. The quantitative estimate of drug-likeness (QED) is 0.711. The van der Waals surface area contributed by atoms with Crippen LogP contribution in [0.5, 0.6) is 11.5 Å². The maximum atomic E-state index is 12.3. The highest BCUT2D eigenvalue weighted by atomic mass is 16.5. The normalized spacial score (nSPS) is 15.3. The lowest BCUT2D eigenvalue weighted by molar-refractivity contribution is -0.126. The molecule has 144 valence electrons. The number of benzene rings is 1. The van der Waals surface area contributed by atoms with Crippen LogP contribution in [0.1, 0.15) is 12.8 Å². The van der Waals surface area contributed by atoms with Crippen LogP contribution in [0.15, 0.2) is 18.2 Å². The molecule has 1 aromatic rings. The Morgan fingerprint density at radius 3 is 2.46 bits per heavy atom. The molecule has 2 N–H and O–H groups in total. The molecule has 0 saturated carbocycles. The van der Waals surface area contributed by atoms with Gasteiger partial charge in [-0.1, -0.05) is 0 Å². The van der Waals surface area contributed by atoms with Crippen LogP contribution < -0.4 is 20.1 Å². The van der Waals surface area contributed by atoms with E-state index in [0.29, 0.717) is 23.7 Å². The summed E-state index contributed by atoms with van der Waals surface area (Å²) in [4.78, 5) is 25.9. The van der Waals surface area contributed by atoms with Crippen molar-refractivity contribution >= 4 is 17.5 Å². The number of anilines is 1. The number of carbonyl (C=O) groups is 2. The first-order valence-corrected chi connectivity index (χ1v) is 8.58. The van der Waals surface area contributed by atoms with E-state index < -0.39 is 0 Å². The maximum Gasteiger partial charge on any atom is 0.246 e. The standard InChI is InChI=1S/C18H27N3O5/c1-24-12-18(23)19-13-6-8-21(9-7-13)11-17(22)20-15-5-4-14(25-2)10-16(15)26-3/h4-5,10,13H,6-9,11-12H2,1-3H3,(H,19,23)(H,20,22). The van der Waals surface area contributed by atoms with Gasteiger partial charge in [-0.3, -0.25) is 14.5 Å². The second-order valence-electron chi connectivity index (χ2n) is 6.17. The van der Waals surface area contributed by atoms with E-state index in [1.54, 1.807) is 32.4 Å². The van der Waals surface area contributed by atoms with Crippen molar-refractivity contribution in [2.45, 2.75) is 18.9 Å². The highest BCUT2D eigenvalue weighted by molar-refractivity contribution is 5.93. The van der Waals surface area contributed by atoms with Crippen molar-refractivity contribution in [1.82, 2.24) is 10.2 Å². The van der Waals surface area contributed by atoms with Crippen LogP contribution in [0.3, 0.4) is 0 Å². The first-order valence-electron chi connectivity index (χ1n) is 8.58. The van der Waals surface area contributed by atoms with Crippen LogP contribution in [0.2, 0.25) is 0 Å². The molecule has 2 amide bonds. The third kappa shape index (κ3) is 5.89. The molecule has 8 nitrogen and oxygen atoms in total. The second kappa shape index (κ2) is 9.98. The molecule has 0 atom stereocenters. The fraction of sp³-hybridized carbons (Fsp3) is 0.556. The number of piperidine rings is 1. The van der Waals surface area contributed by atoms with E-state index in [0.717, 1.165) is 25.9 Å². The molecule has 0 radical (unpaired) electrons. The predicted molar refractivity (Wildman–Crippen MR) is 97.7 cm³/mol. The summed E-state index contributed by atoms with van der Waals surface area (Å²) < 4.78 is 15.3. The number of nitrogens with one attached hydrogen (secondary N) is 2. The molecule has 0 aromatic heterocycles. The second-order valence-corrected chi connectivity index (χ2v) is 6.17. The van der Waals surface area contributed by atoms with Gasteiger partial charge in [0.25, 0.3) is 0 Å². The van der Waals surface area contributed by atoms with Gasteiger partial charge in [-0.15, -0.1) is 0 Å². The SMILES string of the molecule is COCC(=O)NC1CCN(CC(=O)Nc2ccc(OC)cc2OC)CC1. The van der Waals surface area contributed by atoms with Gasteiger partial charge in [0.15, 0.2) is 0 Å². The Morgan fingerprint density at radius 1 is 1.12 bits per heavy atom. The Balaban J connectivity index is 1.80. The van der Waals surface area contributed by atoms with Gasteiger partial charge < -0.3 is 24.8 Å². The predicted octanol–water partition coefficient (Wildman–Crippen LogP) is 0.869. The van der Waals surface area contributed by atoms with Crippen LogP contribution >= 0.6 is 0 Å². The highest BCUT2D eigenvalue weighted by Crippen LogP contribution is 2.29. The Labute approximate surface area is 153 Å². The lowest BCUT2D eigenvalue weighted by atomic mass is 10.1. The van der Waals surface area contributed by atoms with Crippen molar-refractivity contribution in [3.63, 3.8) is 0 Å². The van der Waals surface area contributed by atoms with Gasteiger partial charge in [0.1, 0.15) is 18.1 Å². The molecule has 0 spiro atoms. The summed E-state index contributed by atoms with van der Waals surface area (Å²) in [6, 6.07) is 5.39. The first-order chi connectivity index (χ1) is 12.5. The number of hydrogen-bond acceptors (Lipinski definition) is 6. The van der Waals surface area contributed by atoms with Crippen LogP contribution in [-0.2, 0) is 14.3 Å². The number of hydrogen-bond donors (Lipinski definition) is 2. The number of amides is 2. The van der Waals surface area contributed by atoms with E-state index in [-0.39, 0.29) is 24.5 Å². The first kappa shape index (κ1) is 20.0. The summed E-state index contributed by atoms with van der Waals surface area (Å²) in [7, 11) is 4.63. The molecule has 0 unspecified atom stereocenters. The summed E-state index contributed by atoms with van der Waals surface area (Å²) in [6.45, 7) is 1.89. The maximum absolute atomic E-state index is 12.3. The fourth-order valence-corrected chi connectivity index (χ4v) is 2.93. The average Bonchev–Trinajstić information content (AvgIpc) is 2.63. The number of likely N-dealkylation sites (tertiary alicyclic amines) is 1. The zero-order chi connectivity index (χ0) is 18.9. The number of rotatable bonds is 8. The zero-order valence-corrected chi connectivity index (χ0v) is 15.5. The number of nitrogens with zero attached hydrogens (tertiary/aromatic N) is 1. The number of carbonyl (C=O) groups excluding carboxylic acids is 2. The van der Waals surface area contributed by atoms with Crippen molar-refractivity contribution in [3.05, 3.63) is 18.2 Å². The molecular formula is C18H27N3O5. The third-order valence-electron chi connectivity index (χ3n) is 4.28. The van der Waals surface area contributed by atoms with Crippen LogP contribution in [-0.4, -0.2) is 70.3 Å². The molecule has 0 bridgehead atoms. The van der Waals surface area contributed by atoms with E-state index in [2.05, 4.69) is 15.5 Å². The summed E-state index contributed by atoms with van der Waals surface area (Å²) in [5.41, 5.74) is 0.611. The summed E-state index contributed by atoms with van der Waals surface area (Å²) >= 11 is 0. The van der Waals surface area contributed by atoms with Gasteiger partial charge in [-0.2, -0.15) is 0 Å². The topological polar surface area (TPSA) is 89.1 Å². The van der Waals surface area contributed by atoms with E-state index in [4.69, 9.17) is 14.2 Å². The largest absolute Gasteiger partial charge is 0.497 e. The fourth-order valence-electron chi connectivity index (χ4n) is 2.93. The molecule has 1 aliphatic heterocycles. The van der Waals surface area contributed by atoms with Gasteiger partial charge in [0.2, 0.25) is 11.8 Å². The number of methoxy groups -OCH3 is 3. The Morgan fingerprint density at radius 2 is 1.85 bits per heavy atom. The Kier molecular flexibility index (Phi) is 7.68. The van der Waals surface area contributed by atoms with Crippen molar-refractivity contribution in [2.24, 2.45) is 0 Å². The molecule has 8 heteroatoms. The molecule has 0 aliphatic carbocycles. The Bertz CT molecular complexity index is 615. The van der Waals surface area contributed by atoms with Crippen LogP contribution in [0, 0.1) is 0 Å². The van der Waals surface area contributed by atoms with Crippen LogP contribution in [0.4, 0.5) is 5.69 Å². The van der Waals surface area contributed by atoms with Gasteiger partial charge in [-0.05, 0) is 25.0 Å². The highest BCUT2D eigenvalue weighted by Gasteiger charge is 2.22. The monoisotopic (exact) mass is 365 g/mol. The minimum Gasteiger partial charge on any atom is -0.497 e. The van der Waals surface area contributed by atoms with Gasteiger partial charge in [0, 0.05) is 32.3 Å². The minimum absolute atomic E-state index is 0.0757. The molecular weight excluding hydrogens is 338 g/mol. The Hall–Kier alpha value is -2.32. The van der Waals surface area contributed by atoms with Gasteiger partial charge >= 0.3 is 0 Å². The van der Waals surface area contributed by atoms with E-state index in [9.17, 15) is 9.59 Å². The lowest BCUT2D eigenvalue weighted by Crippen LogP contribution is -2.47. The van der Waals surface area contributed by atoms with Gasteiger partial charge in [-0.25, -0.2) is 0 Å². The summed E-state index contributed by atoms with van der Waals surface area (Å²) in [6.07, 6.45) is 1.63. The smallest absolute Gasteiger partial charge is 0.246 e. The van der Waals surface area contributed by atoms with Crippen molar-refractivity contribution in [2.75, 3.05) is 52.9 Å². The molecule has 2 rings (SSSR count). The van der Waals surface area contributed by atoms with E-state index >= 15 is 0 Å². The molecule has 1 aliphatic rings. The molecule has 1 fully saturated rings. The summed E-state index contributed by atoms with van der Waals surface area (Å²) in [5, 5.41) is 5.81. The van der Waals surface area contributed by atoms with Crippen LogP contribution in [0.25, 0.3) is 0 Å². The average molecular weight is 365 g/mol.